The summed E-state index contributed by atoms with van der Waals surface area (Å²) in [6.45, 7) is 0.0355. The smallest absolute Gasteiger partial charge is 0.0681 e. The van der Waals surface area contributed by atoms with Crippen LogP contribution in [0.15, 0.2) is 24.3 Å². The minimum Gasteiger partial charge on any atom is -0.392 e. The molecule has 3 nitrogen and oxygen atoms in total. The summed E-state index contributed by atoms with van der Waals surface area (Å²) < 4.78 is 0. The van der Waals surface area contributed by atoms with E-state index in [4.69, 9.17) is 16.1 Å². The predicted molar refractivity (Wildman–Crippen MR) is 49.5 cm³/mol. The summed E-state index contributed by atoms with van der Waals surface area (Å²) in [4.78, 5) is 0. The highest BCUT2D eigenvalue weighted by molar-refractivity contribution is 5.24. The molecule has 0 fully saturated rings. The second kappa shape index (κ2) is 4.61. The van der Waals surface area contributed by atoms with E-state index in [0.717, 1.165) is 11.1 Å². The molecule has 0 spiro atoms. The van der Waals surface area contributed by atoms with Crippen molar-refractivity contribution in [2.75, 3.05) is 0 Å². The van der Waals surface area contributed by atoms with Gasteiger partial charge >= 0.3 is 0 Å². The molecular formula is C10H12N2O. The number of nitrogens with two attached hydrogens (primary N) is 1. The molecule has 68 valence electrons. The van der Waals surface area contributed by atoms with Gasteiger partial charge in [0, 0.05) is 6.04 Å². The van der Waals surface area contributed by atoms with Gasteiger partial charge in [0.2, 0.25) is 0 Å². The number of rotatable bonds is 3. The fourth-order valence-corrected chi connectivity index (χ4v) is 1.09. The zero-order valence-electron chi connectivity index (χ0n) is 7.27. The zero-order chi connectivity index (χ0) is 9.68. The van der Waals surface area contributed by atoms with Crippen molar-refractivity contribution in [2.24, 2.45) is 5.73 Å². The summed E-state index contributed by atoms with van der Waals surface area (Å²) in [7, 11) is 0. The third-order valence-corrected chi connectivity index (χ3v) is 1.90. The second-order valence-corrected chi connectivity index (χ2v) is 2.87. The van der Waals surface area contributed by atoms with Gasteiger partial charge in [-0.1, -0.05) is 24.3 Å². The zero-order valence-corrected chi connectivity index (χ0v) is 7.27. The van der Waals surface area contributed by atoms with Crippen LogP contribution >= 0.6 is 0 Å². The molecule has 1 rings (SSSR count). The van der Waals surface area contributed by atoms with Crippen LogP contribution in [0.2, 0.25) is 0 Å². The van der Waals surface area contributed by atoms with Crippen molar-refractivity contribution in [3.63, 3.8) is 0 Å². The quantitative estimate of drug-likeness (QED) is 0.724. The van der Waals surface area contributed by atoms with Crippen LogP contribution < -0.4 is 5.73 Å². The molecular weight excluding hydrogens is 164 g/mol. The molecule has 0 radical (unpaired) electrons. The van der Waals surface area contributed by atoms with Crippen molar-refractivity contribution < 1.29 is 5.11 Å². The first-order chi connectivity index (χ1) is 6.27. The highest BCUT2D eigenvalue weighted by Gasteiger charge is 2.03. The summed E-state index contributed by atoms with van der Waals surface area (Å²) >= 11 is 0. The number of hydrogen-bond acceptors (Lipinski definition) is 3. The standard InChI is InChI=1S/C10H12N2O/c11-6-5-10(12)9-3-1-8(7-13)2-4-9/h1-4,10,13H,5,7,12H2. The Morgan fingerprint density at radius 2 is 2.00 bits per heavy atom. The Balaban J connectivity index is 2.74. The van der Waals surface area contributed by atoms with Crippen LogP contribution in [0.5, 0.6) is 0 Å². The fraction of sp³-hybridized carbons (Fsp3) is 0.300. The van der Waals surface area contributed by atoms with Gasteiger partial charge in [-0.15, -0.1) is 0 Å². The second-order valence-electron chi connectivity index (χ2n) is 2.87. The third kappa shape index (κ3) is 2.55. The van der Waals surface area contributed by atoms with Crippen molar-refractivity contribution in [2.45, 2.75) is 19.1 Å². The maximum Gasteiger partial charge on any atom is 0.0681 e. The molecule has 1 unspecified atom stereocenters. The van der Waals surface area contributed by atoms with Gasteiger partial charge in [-0.3, -0.25) is 0 Å². The molecule has 1 atom stereocenters. The first-order valence-electron chi connectivity index (χ1n) is 4.10. The Morgan fingerprint density at radius 1 is 1.38 bits per heavy atom. The van der Waals surface area contributed by atoms with Gasteiger partial charge in [-0.25, -0.2) is 0 Å². The largest absolute Gasteiger partial charge is 0.392 e. The summed E-state index contributed by atoms with van der Waals surface area (Å²) in [6, 6.07) is 9.10. The Bertz CT molecular complexity index is 300. The van der Waals surface area contributed by atoms with Crippen molar-refractivity contribution in [3.05, 3.63) is 35.4 Å². The molecule has 0 aliphatic carbocycles. The van der Waals surface area contributed by atoms with Gasteiger partial charge in [0.05, 0.1) is 19.1 Å². The van der Waals surface area contributed by atoms with Crippen LogP contribution in [-0.4, -0.2) is 5.11 Å². The molecule has 0 saturated carbocycles. The van der Waals surface area contributed by atoms with Gasteiger partial charge in [0.25, 0.3) is 0 Å². The molecule has 0 aromatic heterocycles. The highest BCUT2D eigenvalue weighted by Crippen LogP contribution is 2.14. The van der Waals surface area contributed by atoms with Crippen LogP contribution in [0, 0.1) is 11.3 Å². The molecule has 3 N–H and O–H groups in total. The van der Waals surface area contributed by atoms with Crippen LogP contribution in [0.25, 0.3) is 0 Å². The Morgan fingerprint density at radius 3 is 2.46 bits per heavy atom. The van der Waals surface area contributed by atoms with E-state index >= 15 is 0 Å². The normalized spacial score (nSPS) is 12.1. The molecule has 0 saturated heterocycles. The molecule has 0 heterocycles. The summed E-state index contributed by atoms with van der Waals surface area (Å²) in [5.41, 5.74) is 7.50. The van der Waals surface area contributed by atoms with Crippen LogP contribution in [-0.2, 0) is 6.61 Å². The summed E-state index contributed by atoms with van der Waals surface area (Å²) in [5.74, 6) is 0. The first-order valence-corrected chi connectivity index (χ1v) is 4.10. The van der Waals surface area contributed by atoms with Crippen LogP contribution in [0.3, 0.4) is 0 Å². The average molecular weight is 176 g/mol. The van der Waals surface area contributed by atoms with E-state index in [1.54, 1.807) is 0 Å². The molecule has 3 heteroatoms. The fourth-order valence-electron chi connectivity index (χ4n) is 1.09. The lowest BCUT2D eigenvalue weighted by Gasteiger charge is -2.07. The van der Waals surface area contributed by atoms with E-state index in [-0.39, 0.29) is 12.6 Å². The van der Waals surface area contributed by atoms with Crippen molar-refractivity contribution >= 4 is 0 Å². The Labute approximate surface area is 77.4 Å². The molecule has 0 bridgehead atoms. The van der Waals surface area contributed by atoms with Crippen molar-refractivity contribution in [3.8, 4) is 6.07 Å². The van der Waals surface area contributed by atoms with E-state index in [9.17, 15) is 0 Å². The summed E-state index contributed by atoms with van der Waals surface area (Å²) in [6.07, 6.45) is 0.318. The minimum atomic E-state index is -0.224. The number of aliphatic hydroxyl groups is 1. The molecule has 0 amide bonds. The van der Waals surface area contributed by atoms with Gasteiger partial charge < -0.3 is 10.8 Å². The lowest BCUT2D eigenvalue weighted by atomic mass is 10.0. The third-order valence-electron chi connectivity index (χ3n) is 1.90. The maximum absolute atomic E-state index is 8.79. The Kier molecular flexibility index (Phi) is 3.44. The molecule has 1 aromatic rings. The monoisotopic (exact) mass is 176 g/mol. The molecule has 1 aromatic carbocycles. The minimum absolute atomic E-state index is 0.0355. The van der Waals surface area contributed by atoms with Crippen LogP contribution in [0.1, 0.15) is 23.6 Å². The summed E-state index contributed by atoms with van der Waals surface area (Å²) in [5, 5.41) is 17.2. The van der Waals surface area contributed by atoms with Gasteiger partial charge in [-0.2, -0.15) is 5.26 Å². The number of nitrogens with zero attached hydrogens (tertiary/aromatic N) is 1. The number of aliphatic hydroxyl groups excluding tert-OH is 1. The first kappa shape index (κ1) is 9.72. The lowest BCUT2D eigenvalue weighted by Crippen LogP contribution is -2.08. The Hall–Kier alpha value is -1.37. The molecule has 0 aliphatic rings. The highest BCUT2D eigenvalue weighted by atomic mass is 16.3. The van der Waals surface area contributed by atoms with E-state index in [1.807, 2.05) is 30.3 Å². The molecule has 13 heavy (non-hydrogen) atoms. The van der Waals surface area contributed by atoms with Crippen molar-refractivity contribution in [1.29, 1.82) is 5.26 Å². The van der Waals surface area contributed by atoms with Crippen LogP contribution in [0.4, 0.5) is 0 Å². The van der Waals surface area contributed by atoms with E-state index in [2.05, 4.69) is 0 Å². The number of hydrogen-bond donors (Lipinski definition) is 2. The number of nitriles is 1. The van der Waals surface area contributed by atoms with E-state index in [1.165, 1.54) is 0 Å². The van der Waals surface area contributed by atoms with E-state index in [0.29, 0.717) is 6.42 Å². The predicted octanol–water partition coefficient (Wildman–Crippen LogP) is 1.09. The SMILES string of the molecule is N#CCC(N)c1ccc(CO)cc1. The van der Waals surface area contributed by atoms with Gasteiger partial charge in [-0.05, 0) is 11.1 Å². The average Bonchev–Trinajstić information content (AvgIpc) is 2.18. The molecule has 0 aliphatic heterocycles. The topological polar surface area (TPSA) is 70.0 Å². The van der Waals surface area contributed by atoms with Crippen molar-refractivity contribution in [1.82, 2.24) is 0 Å². The maximum atomic E-state index is 8.79. The van der Waals surface area contributed by atoms with Gasteiger partial charge in [0.15, 0.2) is 0 Å². The lowest BCUT2D eigenvalue weighted by molar-refractivity contribution is 0.282. The number of benzene rings is 1. The van der Waals surface area contributed by atoms with Gasteiger partial charge in [0.1, 0.15) is 0 Å². The van der Waals surface area contributed by atoms with E-state index < -0.39 is 0 Å².